The molecule has 1 aromatic heterocycles. The molecule has 1 rings (SSSR count). The molecule has 1 heterocycles. The number of nitrogens with zero attached hydrogens (tertiary/aromatic N) is 2. The summed E-state index contributed by atoms with van der Waals surface area (Å²) in [5, 5.41) is 7.90. The number of hydrogen-bond donors (Lipinski definition) is 1. The highest BCUT2D eigenvalue weighted by Crippen LogP contribution is 2.05. The van der Waals surface area contributed by atoms with E-state index in [2.05, 4.69) is 48.1 Å². The summed E-state index contributed by atoms with van der Waals surface area (Å²) >= 11 is 0. The van der Waals surface area contributed by atoms with Gasteiger partial charge in [0.05, 0.1) is 5.69 Å². The Labute approximate surface area is 99.2 Å². The first-order chi connectivity index (χ1) is 7.72. The van der Waals surface area contributed by atoms with Gasteiger partial charge in [-0.25, -0.2) is 0 Å². The highest BCUT2D eigenvalue weighted by Gasteiger charge is 1.99. The van der Waals surface area contributed by atoms with E-state index in [9.17, 15) is 0 Å². The zero-order valence-electron chi connectivity index (χ0n) is 10.9. The van der Waals surface area contributed by atoms with Gasteiger partial charge in [0, 0.05) is 19.3 Å². The lowest BCUT2D eigenvalue weighted by atomic mass is 10.1. The Bertz CT molecular complexity index is 278. The Morgan fingerprint density at radius 1 is 1.44 bits per heavy atom. The van der Waals surface area contributed by atoms with E-state index in [1.165, 1.54) is 19.3 Å². The molecule has 0 aromatic carbocycles. The first-order valence-corrected chi connectivity index (χ1v) is 6.45. The van der Waals surface area contributed by atoms with E-state index in [1.807, 2.05) is 0 Å². The van der Waals surface area contributed by atoms with Crippen LogP contribution in [0.5, 0.6) is 0 Å². The van der Waals surface area contributed by atoms with Crippen LogP contribution < -0.4 is 5.32 Å². The van der Waals surface area contributed by atoms with Gasteiger partial charge in [0.2, 0.25) is 0 Å². The standard InChI is InChI=1S/C13H25N3/c1-4-8-14-11-13-7-10-16(15-13)9-5-6-12(2)3/h7,10,12,14H,4-6,8-9,11H2,1-3H3. The predicted octanol–water partition coefficient (Wildman–Crippen LogP) is 2.82. The van der Waals surface area contributed by atoms with Gasteiger partial charge in [-0.3, -0.25) is 4.68 Å². The maximum Gasteiger partial charge on any atom is 0.0762 e. The normalized spacial score (nSPS) is 11.2. The third-order valence-corrected chi connectivity index (χ3v) is 2.60. The Kier molecular flexibility index (Phi) is 6.16. The van der Waals surface area contributed by atoms with Crippen LogP contribution in [0.1, 0.15) is 45.7 Å². The molecule has 0 saturated heterocycles. The van der Waals surface area contributed by atoms with Crippen LogP contribution in [0.2, 0.25) is 0 Å². The Morgan fingerprint density at radius 3 is 2.94 bits per heavy atom. The van der Waals surface area contributed by atoms with E-state index in [0.717, 1.165) is 31.2 Å². The topological polar surface area (TPSA) is 29.9 Å². The quantitative estimate of drug-likeness (QED) is 0.687. The van der Waals surface area contributed by atoms with E-state index in [4.69, 9.17) is 0 Å². The second-order valence-corrected chi connectivity index (χ2v) is 4.78. The van der Waals surface area contributed by atoms with Crippen LogP contribution in [0.15, 0.2) is 12.3 Å². The predicted molar refractivity (Wildman–Crippen MR) is 68.3 cm³/mol. The molecule has 0 fully saturated rings. The fraction of sp³-hybridized carbons (Fsp3) is 0.769. The number of aromatic nitrogens is 2. The van der Waals surface area contributed by atoms with Crippen molar-refractivity contribution in [1.82, 2.24) is 15.1 Å². The lowest BCUT2D eigenvalue weighted by Gasteiger charge is -2.04. The first kappa shape index (κ1) is 13.2. The third kappa shape index (κ3) is 5.31. The fourth-order valence-corrected chi connectivity index (χ4v) is 1.68. The summed E-state index contributed by atoms with van der Waals surface area (Å²) < 4.78 is 2.06. The molecule has 0 radical (unpaired) electrons. The highest BCUT2D eigenvalue weighted by molar-refractivity contribution is 4.98. The minimum absolute atomic E-state index is 0.793. The molecule has 92 valence electrons. The van der Waals surface area contributed by atoms with Crippen molar-refractivity contribution >= 4 is 0 Å². The summed E-state index contributed by atoms with van der Waals surface area (Å²) in [6.45, 7) is 9.72. The van der Waals surface area contributed by atoms with E-state index in [-0.39, 0.29) is 0 Å². The van der Waals surface area contributed by atoms with Gasteiger partial charge in [-0.2, -0.15) is 5.10 Å². The summed E-state index contributed by atoms with van der Waals surface area (Å²) in [5.74, 6) is 0.793. The summed E-state index contributed by atoms with van der Waals surface area (Å²) in [6, 6.07) is 2.11. The van der Waals surface area contributed by atoms with Crippen molar-refractivity contribution < 1.29 is 0 Å². The smallest absolute Gasteiger partial charge is 0.0762 e. The molecule has 0 aliphatic carbocycles. The second kappa shape index (κ2) is 7.44. The zero-order valence-corrected chi connectivity index (χ0v) is 10.9. The van der Waals surface area contributed by atoms with Crippen molar-refractivity contribution in [3.8, 4) is 0 Å². The number of nitrogens with one attached hydrogen (secondary N) is 1. The van der Waals surface area contributed by atoms with Crippen LogP contribution in [0.25, 0.3) is 0 Å². The molecule has 0 bridgehead atoms. The summed E-state index contributed by atoms with van der Waals surface area (Å²) in [5.41, 5.74) is 1.15. The van der Waals surface area contributed by atoms with Gasteiger partial charge in [0.25, 0.3) is 0 Å². The van der Waals surface area contributed by atoms with Gasteiger partial charge in [-0.15, -0.1) is 0 Å². The van der Waals surface area contributed by atoms with E-state index in [1.54, 1.807) is 0 Å². The summed E-state index contributed by atoms with van der Waals surface area (Å²) in [4.78, 5) is 0. The molecule has 3 nitrogen and oxygen atoms in total. The molecule has 16 heavy (non-hydrogen) atoms. The van der Waals surface area contributed by atoms with Crippen LogP contribution in [-0.4, -0.2) is 16.3 Å². The van der Waals surface area contributed by atoms with Crippen molar-refractivity contribution in [3.05, 3.63) is 18.0 Å². The fourth-order valence-electron chi connectivity index (χ4n) is 1.68. The van der Waals surface area contributed by atoms with Gasteiger partial charge < -0.3 is 5.32 Å². The average Bonchev–Trinajstić information content (AvgIpc) is 2.66. The van der Waals surface area contributed by atoms with Crippen molar-refractivity contribution in [2.24, 2.45) is 5.92 Å². The Hall–Kier alpha value is -0.830. The first-order valence-electron chi connectivity index (χ1n) is 6.45. The maximum absolute atomic E-state index is 4.53. The lowest BCUT2D eigenvalue weighted by Crippen LogP contribution is -2.14. The van der Waals surface area contributed by atoms with Crippen molar-refractivity contribution in [3.63, 3.8) is 0 Å². The van der Waals surface area contributed by atoms with Crippen LogP contribution in [0.3, 0.4) is 0 Å². The molecule has 3 heteroatoms. The molecule has 0 unspecified atom stereocenters. The average molecular weight is 223 g/mol. The Morgan fingerprint density at radius 2 is 2.25 bits per heavy atom. The van der Waals surface area contributed by atoms with Gasteiger partial charge in [-0.1, -0.05) is 20.8 Å². The minimum atomic E-state index is 0.793. The van der Waals surface area contributed by atoms with Gasteiger partial charge in [0.15, 0.2) is 0 Å². The van der Waals surface area contributed by atoms with Gasteiger partial charge in [-0.05, 0) is 37.8 Å². The molecule has 0 amide bonds. The minimum Gasteiger partial charge on any atom is -0.311 e. The SMILES string of the molecule is CCCNCc1ccn(CCCC(C)C)n1. The van der Waals surface area contributed by atoms with Crippen LogP contribution >= 0.6 is 0 Å². The van der Waals surface area contributed by atoms with Gasteiger partial charge >= 0.3 is 0 Å². The zero-order chi connectivity index (χ0) is 11.8. The molecule has 0 aliphatic heterocycles. The summed E-state index contributed by atoms with van der Waals surface area (Å²) in [7, 11) is 0. The van der Waals surface area contributed by atoms with Crippen molar-refractivity contribution in [1.29, 1.82) is 0 Å². The number of hydrogen-bond acceptors (Lipinski definition) is 2. The molecule has 0 aliphatic rings. The van der Waals surface area contributed by atoms with Crippen LogP contribution in [0, 0.1) is 5.92 Å². The van der Waals surface area contributed by atoms with Crippen LogP contribution in [-0.2, 0) is 13.1 Å². The highest BCUT2D eigenvalue weighted by atomic mass is 15.3. The molecule has 1 aromatic rings. The molecule has 0 saturated carbocycles. The molecule has 1 N–H and O–H groups in total. The number of rotatable bonds is 8. The van der Waals surface area contributed by atoms with Crippen molar-refractivity contribution in [2.75, 3.05) is 6.54 Å². The molecular weight excluding hydrogens is 198 g/mol. The van der Waals surface area contributed by atoms with Crippen LogP contribution in [0.4, 0.5) is 0 Å². The molecule has 0 atom stereocenters. The van der Waals surface area contributed by atoms with E-state index >= 15 is 0 Å². The lowest BCUT2D eigenvalue weighted by molar-refractivity contribution is 0.486. The van der Waals surface area contributed by atoms with E-state index < -0.39 is 0 Å². The summed E-state index contributed by atoms with van der Waals surface area (Å²) in [6.07, 6.45) is 5.77. The second-order valence-electron chi connectivity index (χ2n) is 4.78. The van der Waals surface area contributed by atoms with E-state index in [0.29, 0.717) is 0 Å². The largest absolute Gasteiger partial charge is 0.311 e. The molecular formula is C13H25N3. The maximum atomic E-state index is 4.53. The monoisotopic (exact) mass is 223 g/mol. The third-order valence-electron chi connectivity index (χ3n) is 2.60. The van der Waals surface area contributed by atoms with Crippen molar-refractivity contribution in [2.45, 2.75) is 53.1 Å². The molecule has 0 spiro atoms. The number of aryl methyl sites for hydroxylation is 1. The van der Waals surface area contributed by atoms with Gasteiger partial charge in [0.1, 0.15) is 0 Å². The Balaban J connectivity index is 2.22.